The first-order valence-corrected chi connectivity index (χ1v) is 7.73. The highest BCUT2D eigenvalue weighted by Gasteiger charge is 2.38. The number of nitrogen functional groups attached to an aromatic ring is 1. The predicted molar refractivity (Wildman–Crippen MR) is 70.1 cm³/mol. The lowest BCUT2D eigenvalue weighted by Gasteiger charge is -2.15. The van der Waals surface area contributed by atoms with Gasteiger partial charge in [0.2, 0.25) is 0 Å². The molecule has 0 saturated carbocycles. The predicted octanol–water partition coefficient (Wildman–Crippen LogP) is -1.44. The maximum absolute atomic E-state index is 10.7. The van der Waals surface area contributed by atoms with Crippen molar-refractivity contribution < 1.29 is 28.7 Å². The fourth-order valence-corrected chi connectivity index (χ4v) is 2.50. The fraction of sp³-hybridized carbons (Fsp3) is 0.556. The summed E-state index contributed by atoms with van der Waals surface area (Å²) in [7, 11) is -4.63. The molecule has 2 aromatic heterocycles. The van der Waals surface area contributed by atoms with Gasteiger partial charge in [0.1, 0.15) is 12.4 Å². The van der Waals surface area contributed by atoms with Crippen LogP contribution in [0.2, 0.25) is 0 Å². The Bertz CT molecular complexity index is 732. The van der Waals surface area contributed by atoms with Gasteiger partial charge < -0.3 is 25.4 Å². The smallest absolute Gasteiger partial charge is 0.390 e. The van der Waals surface area contributed by atoms with Crippen LogP contribution < -0.4 is 5.73 Å². The number of phosphoric acid groups is 1. The molecule has 0 unspecified atom stereocenters. The molecule has 0 amide bonds. The molecule has 2 aromatic rings. The highest BCUT2D eigenvalue weighted by molar-refractivity contribution is 7.46. The summed E-state index contributed by atoms with van der Waals surface area (Å²) in [4.78, 5) is 25.2. The number of hydrogen-bond donors (Lipinski definition) is 4. The zero-order valence-corrected chi connectivity index (χ0v) is 11.9. The average molecular weight is 332 g/mol. The Morgan fingerprint density at radius 2 is 2.27 bits per heavy atom. The maximum atomic E-state index is 10.7. The molecule has 0 bridgehead atoms. The molecule has 120 valence electrons. The van der Waals surface area contributed by atoms with Crippen molar-refractivity contribution in [3.8, 4) is 0 Å². The zero-order valence-electron chi connectivity index (χ0n) is 11.1. The second kappa shape index (κ2) is 5.50. The second-order valence-electron chi connectivity index (χ2n) is 4.68. The Morgan fingerprint density at radius 1 is 1.50 bits per heavy atom. The van der Waals surface area contributed by atoms with E-state index in [9.17, 15) is 9.67 Å². The van der Waals surface area contributed by atoms with Crippen LogP contribution in [0.15, 0.2) is 6.33 Å². The lowest BCUT2D eigenvalue weighted by Crippen LogP contribution is -2.26. The molecule has 1 fully saturated rings. The number of anilines is 1. The third kappa shape index (κ3) is 2.92. The van der Waals surface area contributed by atoms with Crippen LogP contribution in [0.3, 0.4) is 0 Å². The molecule has 22 heavy (non-hydrogen) atoms. The van der Waals surface area contributed by atoms with Gasteiger partial charge in [-0.15, -0.1) is 5.10 Å². The van der Waals surface area contributed by atoms with E-state index < -0.39 is 32.9 Å². The van der Waals surface area contributed by atoms with Crippen molar-refractivity contribution in [1.29, 1.82) is 0 Å². The number of aliphatic hydroxyl groups excluding tert-OH is 1. The second-order valence-corrected chi connectivity index (χ2v) is 5.92. The number of aromatic nitrogens is 5. The summed E-state index contributed by atoms with van der Waals surface area (Å²) in [6.07, 6.45) is -1.21. The number of nitrogens with two attached hydrogens (primary N) is 1. The minimum atomic E-state index is -4.63. The zero-order chi connectivity index (χ0) is 15.9. The lowest BCUT2D eigenvalue weighted by molar-refractivity contribution is -0.0467. The molecule has 1 aliphatic rings. The minimum absolute atomic E-state index is 0.136. The molecule has 1 aliphatic heterocycles. The molecular weight excluding hydrogens is 319 g/mol. The van der Waals surface area contributed by atoms with Crippen molar-refractivity contribution in [2.24, 2.45) is 0 Å². The summed E-state index contributed by atoms with van der Waals surface area (Å²) >= 11 is 0. The molecular formula is C9H13N6O6P. The van der Waals surface area contributed by atoms with Gasteiger partial charge in [-0.2, -0.15) is 4.68 Å². The quantitative estimate of drug-likeness (QED) is 0.482. The highest BCUT2D eigenvalue weighted by atomic mass is 31.2. The van der Waals surface area contributed by atoms with Crippen molar-refractivity contribution in [2.45, 2.75) is 24.9 Å². The number of fused-ring (bicyclic) bond motifs is 1. The molecule has 0 aliphatic carbocycles. The van der Waals surface area contributed by atoms with Gasteiger partial charge in [-0.3, -0.25) is 4.52 Å². The first-order chi connectivity index (χ1) is 10.3. The monoisotopic (exact) mass is 332 g/mol. The van der Waals surface area contributed by atoms with Gasteiger partial charge in [0.25, 0.3) is 0 Å². The van der Waals surface area contributed by atoms with E-state index in [1.54, 1.807) is 0 Å². The SMILES string of the molecule is Nc1ncnc2c1nnn2[C@H]1C[C@H](O)[C@@H](COP(=O)(O)O)O1. The van der Waals surface area contributed by atoms with Gasteiger partial charge >= 0.3 is 7.82 Å². The number of phosphoric ester groups is 1. The van der Waals surface area contributed by atoms with Gasteiger partial charge in [0, 0.05) is 6.42 Å². The molecule has 12 nitrogen and oxygen atoms in total. The highest BCUT2D eigenvalue weighted by Crippen LogP contribution is 2.38. The van der Waals surface area contributed by atoms with Crippen LogP contribution in [0.1, 0.15) is 12.6 Å². The molecule has 13 heteroatoms. The molecule has 0 spiro atoms. The number of nitrogens with zero attached hydrogens (tertiary/aromatic N) is 5. The Labute approximate surface area is 123 Å². The Morgan fingerprint density at radius 3 is 3.00 bits per heavy atom. The molecule has 3 heterocycles. The molecule has 3 rings (SSSR count). The molecule has 1 saturated heterocycles. The van der Waals surface area contributed by atoms with E-state index in [1.165, 1.54) is 11.0 Å². The molecule has 5 N–H and O–H groups in total. The topological polar surface area (TPSA) is 179 Å². The first-order valence-electron chi connectivity index (χ1n) is 6.20. The van der Waals surface area contributed by atoms with E-state index in [1.807, 2.05) is 0 Å². The van der Waals surface area contributed by atoms with Crippen LogP contribution in [0.25, 0.3) is 11.2 Å². The van der Waals surface area contributed by atoms with Crippen LogP contribution in [-0.2, 0) is 13.8 Å². The maximum Gasteiger partial charge on any atom is 0.469 e. The number of hydrogen-bond acceptors (Lipinski definition) is 9. The average Bonchev–Trinajstić information content (AvgIpc) is 3.00. The summed E-state index contributed by atoms with van der Waals surface area (Å²) < 4.78 is 21.9. The van der Waals surface area contributed by atoms with Crippen LogP contribution in [0, 0.1) is 0 Å². The number of ether oxygens (including phenoxy) is 1. The van der Waals surface area contributed by atoms with E-state index in [0.29, 0.717) is 11.2 Å². The molecule has 0 radical (unpaired) electrons. The van der Waals surface area contributed by atoms with Crippen molar-refractivity contribution in [3.63, 3.8) is 0 Å². The van der Waals surface area contributed by atoms with Crippen LogP contribution in [0.5, 0.6) is 0 Å². The summed E-state index contributed by atoms with van der Waals surface area (Å²) in [6, 6.07) is 0. The normalized spacial score (nSPS) is 25.9. The van der Waals surface area contributed by atoms with Crippen LogP contribution in [0.4, 0.5) is 5.82 Å². The Kier molecular flexibility index (Phi) is 3.80. The minimum Gasteiger partial charge on any atom is -0.390 e. The number of rotatable bonds is 4. The third-order valence-corrected chi connectivity index (χ3v) is 3.66. The van der Waals surface area contributed by atoms with E-state index >= 15 is 0 Å². The van der Waals surface area contributed by atoms with Gasteiger partial charge in [-0.1, -0.05) is 5.21 Å². The van der Waals surface area contributed by atoms with Crippen LogP contribution >= 0.6 is 7.82 Å². The van der Waals surface area contributed by atoms with E-state index in [2.05, 4.69) is 24.8 Å². The van der Waals surface area contributed by atoms with Gasteiger partial charge in [-0.05, 0) is 0 Å². The first kappa shape index (κ1) is 15.2. The lowest BCUT2D eigenvalue weighted by atomic mass is 10.2. The third-order valence-electron chi connectivity index (χ3n) is 3.17. The standard InChI is InChI=1S/C9H13N6O6P/c10-8-7-9(12-3-11-8)15(14-13-7)6-1-4(16)5(21-6)2-20-22(17,18)19/h3-6,16H,1-2H2,(H2,10,11,12)(H2,17,18,19)/t4-,5+,6+/m0/s1. The van der Waals surface area contributed by atoms with E-state index in [4.69, 9.17) is 20.3 Å². The van der Waals surface area contributed by atoms with E-state index in [-0.39, 0.29) is 12.2 Å². The Hall–Kier alpha value is -1.69. The Balaban J connectivity index is 1.78. The molecule has 3 atom stereocenters. The van der Waals surface area contributed by atoms with Crippen molar-refractivity contribution in [3.05, 3.63) is 6.33 Å². The van der Waals surface area contributed by atoms with Gasteiger partial charge in [0.15, 0.2) is 23.2 Å². The van der Waals surface area contributed by atoms with Crippen molar-refractivity contribution >= 4 is 24.8 Å². The summed E-state index contributed by atoms with van der Waals surface area (Å²) in [5.74, 6) is 0.163. The van der Waals surface area contributed by atoms with Gasteiger partial charge in [0.05, 0.1) is 12.7 Å². The van der Waals surface area contributed by atoms with Gasteiger partial charge in [-0.25, -0.2) is 14.5 Å². The summed E-state index contributed by atoms with van der Waals surface area (Å²) in [6.45, 7) is -0.453. The van der Waals surface area contributed by atoms with Crippen LogP contribution in [-0.4, -0.2) is 58.7 Å². The molecule has 0 aromatic carbocycles. The largest absolute Gasteiger partial charge is 0.469 e. The van der Waals surface area contributed by atoms with Crippen molar-refractivity contribution in [1.82, 2.24) is 25.0 Å². The number of aliphatic hydroxyl groups is 1. The summed E-state index contributed by atoms with van der Waals surface area (Å²) in [5.41, 5.74) is 6.29. The van der Waals surface area contributed by atoms with E-state index in [0.717, 1.165) is 0 Å². The summed E-state index contributed by atoms with van der Waals surface area (Å²) in [5, 5.41) is 17.6. The fourth-order valence-electron chi connectivity index (χ4n) is 2.16. The van der Waals surface area contributed by atoms with Crippen molar-refractivity contribution in [2.75, 3.05) is 12.3 Å².